The van der Waals surface area contributed by atoms with E-state index in [0.29, 0.717) is 0 Å². The van der Waals surface area contributed by atoms with Crippen LogP contribution in [0.2, 0.25) is 0 Å². The first kappa shape index (κ1) is 13.4. The second-order valence-corrected chi connectivity index (χ2v) is 4.71. The normalized spacial score (nSPS) is 10.3. The minimum atomic E-state index is 0. The van der Waals surface area contributed by atoms with Crippen molar-refractivity contribution < 1.29 is 26.2 Å². The molecule has 88 valence electrons. The van der Waals surface area contributed by atoms with Crippen LogP contribution in [0.4, 0.5) is 0 Å². The van der Waals surface area contributed by atoms with Gasteiger partial charge in [0.05, 0.1) is 0 Å². The van der Waals surface area contributed by atoms with Gasteiger partial charge in [0.1, 0.15) is 0 Å². The van der Waals surface area contributed by atoms with Gasteiger partial charge in [-0.05, 0) is 12.5 Å². The topological polar surface area (TPSA) is 0 Å². The molecule has 0 aromatic heterocycles. The molecule has 0 aliphatic heterocycles. The van der Waals surface area contributed by atoms with Gasteiger partial charge in [-0.3, -0.25) is 0 Å². The third-order valence-corrected chi connectivity index (χ3v) is 3.22. The van der Waals surface area contributed by atoms with Crippen LogP contribution in [-0.4, -0.2) is 0 Å². The van der Waals surface area contributed by atoms with Crippen LogP contribution in [0, 0.1) is 13.8 Å². The molecule has 0 aliphatic rings. The summed E-state index contributed by atoms with van der Waals surface area (Å²) in [5, 5.41) is 2.69. The van der Waals surface area contributed by atoms with E-state index in [0.717, 1.165) is 0 Å². The zero-order chi connectivity index (χ0) is 11.8. The number of hydrogen-bond acceptors (Lipinski definition) is 0. The summed E-state index contributed by atoms with van der Waals surface area (Å²) in [6.45, 7) is 4.29. The smallest absolute Gasteiger partial charge is 0 e. The average molecular weight is 311 g/mol. The molecule has 0 bridgehead atoms. The van der Waals surface area contributed by atoms with E-state index in [2.05, 4.69) is 68.4 Å². The van der Waals surface area contributed by atoms with Gasteiger partial charge in [0.25, 0.3) is 0 Å². The molecule has 0 aliphatic carbocycles. The molecular weight excluding hydrogens is 295 g/mol. The molecule has 0 amide bonds. The predicted molar refractivity (Wildman–Crippen MR) is 74.5 cm³/mol. The number of rotatable bonds is 1. The van der Waals surface area contributed by atoms with Gasteiger partial charge in [0, 0.05) is 26.2 Å². The molecule has 0 radical (unpaired) electrons. The number of hydrogen-bond donors (Lipinski definition) is 0. The fraction of sp³-hybridized carbons (Fsp3) is 0.118. The molecule has 0 saturated heterocycles. The van der Waals surface area contributed by atoms with Gasteiger partial charge in [-0.1, -0.05) is 48.4 Å². The van der Waals surface area contributed by atoms with Gasteiger partial charge in [-0.25, -0.2) is 0 Å². The summed E-state index contributed by atoms with van der Waals surface area (Å²) in [7, 11) is 0. The van der Waals surface area contributed by atoms with Gasteiger partial charge < -0.3 is 0 Å². The van der Waals surface area contributed by atoms with Crippen LogP contribution >= 0.6 is 0 Å². The molecule has 3 aromatic rings. The van der Waals surface area contributed by atoms with Gasteiger partial charge in [0.2, 0.25) is 0 Å². The molecule has 0 heterocycles. The molecule has 0 unspecified atom stereocenters. The van der Waals surface area contributed by atoms with Crippen LogP contribution in [-0.2, 0) is 26.2 Å². The van der Waals surface area contributed by atoms with E-state index in [4.69, 9.17) is 0 Å². The van der Waals surface area contributed by atoms with E-state index in [1.807, 2.05) is 0 Å². The van der Waals surface area contributed by atoms with Gasteiger partial charge >= 0.3 is 0 Å². The van der Waals surface area contributed by atoms with Crippen molar-refractivity contribution >= 4 is 10.8 Å². The van der Waals surface area contributed by atoms with Gasteiger partial charge in [-0.15, -0.1) is 34.5 Å². The minimum absolute atomic E-state index is 0. The molecular formula is C17H15Zr-. The molecule has 0 nitrogen and oxygen atoms in total. The van der Waals surface area contributed by atoms with Crippen molar-refractivity contribution in [3.8, 4) is 11.1 Å². The Labute approximate surface area is 127 Å². The van der Waals surface area contributed by atoms with Crippen molar-refractivity contribution in [1.29, 1.82) is 0 Å². The zero-order valence-electron chi connectivity index (χ0n) is 10.7. The van der Waals surface area contributed by atoms with Crippen molar-refractivity contribution in [2.75, 3.05) is 0 Å². The molecule has 0 fully saturated rings. The molecule has 0 atom stereocenters. The van der Waals surface area contributed by atoms with Crippen LogP contribution in [0.5, 0.6) is 0 Å². The third-order valence-electron chi connectivity index (χ3n) is 3.22. The first-order valence-corrected chi connectivity index (χ1v) is 5.97. The maximum Gasteiger partial charge on any atom is 0 e. The Morgan fingerprint density at radius 2 is 1.67 bits per heavy atom. The fourth-order valence-corrected chi connectivity index (χ4v) is 2.45. The maximum atomic E-state index is 2.27. The van der Waals surface area contributed by atoms with Crippen LogP contribution in [0.15, 0.2) is 54.6 Å². The molecule has 0 spiro atoms. The number of benzene rings is 2. The number of aryl methyl sites for hydroxylation is 2. The average Bonchev–Trinajstić information content (AvgIpc) is 2.68. The van der Waals surface area contributed by atoms with Gasteiger partial charge in [-0.2, -0.15) is 6.07 Å². The summed E-state index contributed by atoms with van der Waals surface area (Å²) < 4.78 is 0. The summed E-state index contributed by atoms with van der Waals surface area (Å²) in [4.78, 5) is 0. The molecule has 18 heavy (non-hydrogen) atoms. The van der Waals surface area contributed by atoms with Crippen molar-refractivity contribution in [3.63, 3.8) is 0 Å². The van der Waals surface area contributed by atoms with E-state index >= 15 is 0 Å². The molecule has 3 rings (SSSR count). The summed E-state index contributed by atoms with van der Waals surface area (Å²) in [5.41, 5.74) is 5.28. The van der Waals surface area contributed by atoms with E-state index in [9.17, 15) is 0 Å². The van der Waals surface area contributed by atoms with Crippen LogP contribution in [0.1, 0.15) is 11.1 Å². The summed E-state index contributed by atoms with van der Waals surface area (Å²) in [5.74, 6) is 0. The Bertz CT molecular complexity index is 677. The Kier molecular flexibility index (Phi) is 3.92. The van der Waals surface area contributed by atoms with Gasteiger partial charge in [0.15, 0.2) is 0 Å². The third kappa shape index (κ3) is 2.38. The molecule has 0 N–H and O–H groups in total. The van der Waals surface area contributed by atoms with Crippen LogP contribution in [0.25, 0.3) is 21.9 Å². The van der Waals surface area contributed by atoms with Crippen molar-refractivity contribution in [1.82, 2.24) is 0 Å². The Morgan fingerprint density at radius 3 is 2.44 bits per heavy atom. The minimum Gasteiger partial charge on any atom is -0.165 e. The summed E-state index contributed by atoms with van der Waals surface area (Å²) >= 11 is 0. The first-order chi connectivity index (χ1) is 8.24. The van der Waals surface area contributed by atoms with E-state index < -0.39 is 0 Å². The largest absolute Gasteiger partial charge is 0.165 e. The van der Waals surface area contributed by atoms with Crippen LogP contribution in [0.3, 0.4) is 0 Å². The monoisotopic (exact) mass is 309 g/mol. The standard InChI is InChI=1S/C17H15.Zr/c1-12-5-3-6-14(9-12)16-8-4-7-15-10-13(2)11-17(15)16;/h3-11H,1-2H3;/q-1;. The van der Waals surface area contributed by atoms with Crippen molar-refractivity contribution in [3.05, 3.63) is 65.7 Å². The Morgan fingerprint density at radius 1 is 0.889 bits per heavy atom. The molecule has 1 heteroatoms. The summed E-state index contributed by atoms with van der Waals surface area (Å²) in [6.07, 6.45) is 0. The zero-order valence-corrected chi connectivity index (χ0v) is 13.2. The Balaban J connectivity index is 0.00000120. The van der Waals surface area contributed by atoms with E-state index in [1.165, 1.54) is 33.0 Å². The molecule has 3 aromatic carbocycles. The maximum absolute atomic E-state index is 2.27. The van der Waals surface area contributed by atoms with Crippen LogP contribution < -0.4 is 0 Å². The van der Waals surface area contributed by atoms with Crippen molar-refractivity contribution in [2.24, 2.45) is 0 Å². The van der Waals surface area contributed by atoms with E-state index in [1.54, 1.807) is 0 Å². The SMILES string of the molecule is Cc1cccc(-c2cccc3[cH-]c(C)cc23)c1.[Zr]. The molecule has 0 saturated carbocycles. The number of fused-ring (bicyclic) bond motifs is 1. The second kappa shape index (κ2) is 5.28. The fourth-order valence-electron chi connectivity index (χ4n) is 2.45. The van der Waals surface area contributed by atoms with Crippen molar-refractivity contribution in [2.45, 2.75) is 13.8 Å². The quantitative estimate of drug-likeness (QED) is 0.564. The summed E-state index contributed by atoms with van der Waals surface area (Å²) in [6, 6.07) is 19.7. The first-order valence-electron chi connectivity index (χ1n) is 5.97. The predicted octanol–water partition coefficient (Wildman–Crippen LogP) is 4.84. The van der Waals surface area contributed by atoms with E-state index in [-0.39, 0.29) is 26.2 Å². The Hall–Kier alpha value is -1.07. The second-order valence-electron chi connectivity index (χ2n) is 4.71.